The minimum atomic E-state index is -3.80. The Hall–Kier alpha value is -3.17. The van der Waals surface area contributed by atoms with E-state index in [0.29, 0.717) is 5.69 Å². The lowest BCUT2D eigenvalue weighted by atomic mass is 10.1. The molecule has 0 aliphatic heterocycles. The van der Waals surface area contributed by atoms with Gasteiger partial charge < -0.3 is 5.32 Å². The van der Waals surface area contributed by atoms with E-state index in [4.69, 9.17) is 0 Å². The molecular weight excluding hydrogens is 460 g/mol. The van der Waals surface area contributed by atoms with Gasteiger partial charge in [-0.25, -0.2) is 16.8 Å². The van der Waals surface area contributed by atoms with E-state index in [1.165, 1.54) is 24.3 Å². The molecule has 0 saturated heterocycles. The van der Waals surface area contributed by atoms with Crippen LogP contribution in [0.25, 0.3) is 0 Å². The minimum Gasteiger partial charge on any atom is -0.352 e. The van der Waals surface area contributed by atoms with E-state index in [1.807, 2.05) is 19.9 Å². The lowest BCUT2D eigenvalue weighted by molar-refractivity contribution is 0.0953. The van der Waals surface area contributed by atoms with Crippen LogP contribution < -0.4 is 10.0 Å². The molecule has 0 heterocycles. The smallest absolute Gasteiger partial charge is 0.261 e. The third-order valence-corrected chi connectivity index (χ3v) is 8.38. The van der Waals surface area contributed by atoms with Crippen LogP contribution in [-0.4, -0.2) is 35.0 Å². The highest BCUT2D eigenvalue weighted by Gasteiger charge is 2.16. The van der Waals surface area contributed by atoms with Gasteiger partial charge in [0.25, 0.3) is 15.9 Å². The summed E-state index contributed by atoms with van der Waals surface area (Å²) in [5.41, 5.74) is 2.78. The third-order valence-electron chi connectivity index (χ3n) is 5.16. The molecule has 0 aliphatic carbocycles. The second-order valence-electron chi connectivity index (χ2n) is 7.67. The highest BCUT2D eigenvalue weighted by Crippen LogP contribution is 2.19. The molecule has 0 unspecified atom stereocenters. The maximum absolute atomic E-state index is 12.6. The normalized spacial score (nSPS) is 11.7. The van der Waals surface area contributed by atoms with Gasteiger partial charge in [-0.1, -0.05) is 24.3 Å². The number of carbonyl (C=O) groups excluding carboxylic acids is 1. The largest absolute Gasteiger partial charge is 0.352 e. The van der Waals surface area contributed by atoms with Crippen LogP contribution in [-0.2, 0) is 19.9 Å². The lowest BCUT2D eigenvalue weighted by Gasteiger charge is -2.11. The summed E-state index contributed by atoms with van der Waals surface area (Å²) in [5, 5.41) is 2.66. The Morgan fingerprint density at radius 1 is 0.788 bits per heavy atom. The maximum atomic E-state index is 12.6. The number of benzene rings is 3. The first-order valence-electron chi connectivity index (χ1n) is 10.3. The quantitative estimate of drug-likeness (QED) is 0.448. The molecule has 0 spiro atoms. The summed E-state index contributed by atoms with van der Waals surface area (Å²) >= 11 is 0. The Kier molecular flexibility index (Phi) is 7.55. The molecule has 33 heavy (non-hydrogen) atoms. The Morgan fingerprint density at radius 2 is 1.45 bits per heavy atom. The summed E-state index contributed by atoms with van der Waals surface area (Å²) in [5.74, 6) is -0.489. The summed E-state index contributed by atoms with van der Waals surface area (Å²) in [6, 6.07) is 19.0. The van der Waals surface area contributed by atoms with Crippen molar-refractivity contribution in [2.24, 2.45) is 0 Å². The SMILES string of the molecule is Cc1ccc(NS(=O)(=O)c2ccc(C(=O)NCCCS(=O)(=O)c3ccccc3)cc2)cc1C. The van der Waals surface area contributed by atoms with E-state index >= 15 is 0 Å². The molecule has 0 radical (unpaired) electrons. The van der Waals surface area contributed by atoms with Gasteiger partial charge in [0.2, 0.25) is 0 Å². The van der Waals surface area contributed by atoms with Crippen molar-refractivity contribution in [3.63, 3.8) is 0 Å². The van der Waals surface area contributed by atoms with E-state index in [9.17, 15) is 21.6 Å². The second-order valence-corrected chi connectivity index (χ2v) is 11.5. The van der Waals surface area contributed by atoms with Crippen LogP contribution in [0, 0.1) is 13.8 Å². The van der Waals surface area contributed by atoms with Gasteiger partial charge in [-0.2, -0.15) is 0 Å². The number of nitrogens with one attached hydrogen (secondary N) is 2. The molecule has 0 atom stereocenters. The Morgan fingerprint density at radius 3 is 2.09 bits per heavy atom. The fourth-order valence-electron chi connectivity index (χ4n) is 3.12. The zero-order valence-corrected chi connectivity index (χ0v) is 20.0. The number of sulfonamides is 1. The molecule has 1 amide bonds. The topological polar surface area (TPSA) is 109 Å². The first-order chi connectivity index (χ1) is 15.6. The van der Waals surface area contributed by atoms with Crippen LogP contribution in [0.3, 0.4) is 0 Å². The molecule has 0 fully saturated rings. The van der Waals surface area contributed by atoms with Crippen molar-refractivity contribution in [1.82, 2.24) is 5.32 Å². The van der Waals surface area contributed by atoms with Gasteiger partial charge in [0, 0.05) is 17.8 Å². The van der Waals surface area contributed by atoms with E-state index in [1.54, 1.807) is 42.5 Å². The predicted octanol–water partition coefficient (Wildman–Crippen LogP) is 3.70. The number of carbonyl (C=O) groups is 1. The van der Waals surface area contributed by atoms with Gasteiger partial charge in [-0.3, -0.25) is 9.52 Å². The maximum Gasteiger partial charge on any atom is 0.261 e. The van der Waals surface area contributed by atoms with Gasteiger partial charge in [0.15, 0.2) is 9.84 Å². The fraction of sp³-hybridized carbons (Fsp3) is 0.208. The number of sulfone groups is 1. The molecule has 3 aromatic rings. The van der Waals surface area contributed by atoms with E-state index in [-0.39, 0.29) is 34.1 Å². The van der Waals surface area contributed by atoms with E-state index < -0.39 is 25.8 Å². The summed E-state index contributed by atoms with van der Waals surface area (Å²) in [7, 11) is -7.20. The van der Waals surface area contributed by atoms with E-state index in [0.717, 1.165) is 11.1 Å². The zero-order valence-electron chi connectivity index (χ0n) is 18.4. The third kappa shape index (κ3) is 6.43. The van der Waals surface area contributed by atoms with Gasteiger partial charge in [0.05, 0.1) is 15.5 Å². The number of aryl methyl sites for hydroxylation is 2. The van der Waals surface area contributed by atoms with E-state index in [2.05, 4.69) is 10.0 Å². The molecule has 7 nitrogen and oxygen atoms in total. The molecule has 9 heteroatoms. The van der Waals surface area contributed by atoms with Crippen LogP contribution in [0.2, 0.25) is 0 Å². The standard InChI is InChI=1S/C24H26N2O5S2/c1-18-9-12-21(17-19(18)2)26-33(30,31)23-13-10-20(11-14-23)24(27)25-15-6-16-32(28,29)22-7-4-3-5-8-22/h3-5,7-14,17,26H,6,15-16H2,1-2H3,(H,25,27). The lowest BCUT2D eigenvalue weighted by Crippen LogP contribution is -2.26. The van der Waals surface area contributed by atoms with Crippen LogP contribution in [0.5, 0.6) is 0 Å². The molecule has 3 rings (SSSR count). The van der Waals surface area contributed by atoms with Crippen molar-refractivity contribution in [3.05, 3.63) is 89.5 Å². The van der Waals surface area contributed by atoms with Crippen LogP contribution in [0.1, 0.15) is 27.9 Å². The first kappa shape index (κ1) is 24.5. The Labute approximate surface area is 194 Å². The monoisotopic (exact) mass is 486 g/mol. The van der Waals surface area contributed by atoms with Gasteiger partial charge in [0.1, 0.15) is 0 Å². The summed E-state index contributed by atoms with van der Waals surface area (Å²) in [6.07, 6.45) is 0.259. The molecule has 0 aromatic heterocycles. The van der Waals surface area contributed by atoms with Crippen molar-refractivity contribution in [2.75, 3.05) is 17.0 Å². The molecule has 3 aromatic carbocycles. The number of anilines is 1. The van der Waals surface area contributed by atoms with Gasteiger partial charge >= 0.3 is 0 Å². The summed E-state index contributed by atoms with van der Waals surface area (Å²) in [4.78, 5) is 12.6. The van der Waals surface area contributed by atoms with Crippen molar-refractivity contribution >= 4 is 31.5 Å². The van der Waals surface area contributed by atoms with Crippen molar-refractivity contribution < 1.29 is 21.6 Å². The Bertz CT molecular complexity index is 1340. The average Bonchev–Trinajstić information content (AvgIpc) is 2.79. The zero-order chi connectivity index (χ0) is 24.1. The molecule has 0 saturated carbocycles. The number of hydrogen-bond donors (Lipinski definition) is 2. The van der Waals surface area contributed by atoms with Crippen LogP contribution in [0.15, 0.2) is 82.6 Å². The number of amides is 1. The predicted molar refractivity (Wildman–Crippen MR) is 129 cm³/mol. The molecule has 174 valence electrons. The Balaban J connectivity index is 1.55. The highest BCUT2D eigenvalue weighted by molar-refractivity contribution is 7.92. The van der Waals surface area contributed by atoms with Crippen LogP contribution in [0.4, 0.5) is 5.69 Å². The molecular formula is C24H26N2O5S2. The number of rotatable bonds is 9. The summed E-state index contributed by atoms with van der Waals surface area (Å²) in [6.45, 7) is 4.02. The average molecular weight is 487 g/mol. The fourth-order valence-corrected chi connectivity index (χ4v) is 5.50. The number of hydrogen-bond acceptors (Lipinski definition) is 5. The van der Waals surface area contributed by atoms with Crippen molar-refractivity contribution in [3.8, 4) is 0 Å². The van der Waals surface area contributed by atoms with Gasteiger partial charge in [-0.05, 0) is 79.9 Å². The molecule has 0 aliphatic rings. The first-order valence-corrected chi connectivity index (χ1v) is 13.5. The highest BCUT2D eigenvalue weighted by atomic mass is 32.2. The molecule has 2 N–H and O–H groups in total. The summed E-state index contributed by atoms with van der Waals surface area (Å²) < 4.78 is 52.3. The second kappa shape index (κ2) is 10.2. The van der Waals surface area contributed by atoms with Crippen molar-refractivity contribution in [2.45, 2.75) is 30.1 Å². The van der Waals surface area contributed by atoms with Crippen molar-refractivity contribution in [1.29, 1.82) is 0 Å². The molecule has 0 bridgehead atoms. The van der Waals surface area contributed by atoms with Crippen LogP contribution >= 0.6 is 0 Å². The van der Waals surface area contributed by atoms with Gasteiger partial charge in [-0.15, -0.1) is 0 Å². The minimum absolute atomic E-state index is 0.0335.